The van der Waals surface area contributed by atoms with Gasteiger partial charge in [-0.25, -0.2) is 13.8 Å². The molecule has 1 aliphatic rings. The van der Waals surface area contributed by atoms with Crippen LogP contribution in [0.3, 0.4) is 0 Å². The SMILES string of the molecule is COc1nc2ccc(F)cc2cc1C(c1ccc(Cl)cc1)C1(O)CCNC(c2ccc(F)cc2C)C1. The molecule has 0 spiro atoms. The summed E-state index contributed by atoms with van der Waals surface area (Å²) >= 11 is 6.19. The molecule has 1 fully saturated rings. The van der Waals surface area contributed by atoms with E-state index in [0.29, 0.717) is 46.8 Å². The first-order valence-corrected chi connectivity index (χ1v) is 12.3. The van der Waals surface area contributed by atoms with Gasteiger partial charge in [0.2, 0.25) is 5.88 Å². The van der Waals surface area contributed by atoms with Crippen LogP contribution in [0.2, 0.25) is 5.02 Å². The molecule has 0 bridgehead atoms. The average Bonchev–Trinajstić information content (AvgIpc) is 2.85. The highest BCUT2D eigenvalue weighted by atomic mass is 35.5. The predicted molar refractivity (Wildman–Crippen MR) is 138 cm³/mol. The molecule has 36 heavy (non-hydrogen) atoms. The highest BCUT2D eigenvalue weighted by molar-refractivity contribution is 6.30. The van der Waals surface area contributed by atoms with Crippen molar-refractivity contribution >= 4 is 22.5 Å². The molecule has 0 saturated carbocycles. The lowest BCUT2D eigenvalue weighted by Gasteiger charge is -2.44. The third kappa shape index (κ3) is 4.69. The molecule has 0 aliphatic carbocycles. The van der Waals surface area contributed by atoms with Gasteiger partial charge in [-0.15, -0.1) is 0 Å². The topological polar surface area (TPSA) is 54.4 Å². The summed E-state index contributed by atoms with van der Waals surface area (Å²) < 4.78 is 33.6. The van der Waals surface area contributed by atoms with E-state index in [9.17, 15) is 13.9 Å². The molecule has 1 saturated heterocycles. The van der Waals surface area contributed by atoms with Gasteiger partial charge in [0.15, 0.2) is 0 Å². The van der Waals surface area contributed by atoms with E-state index in [0.717, 1.165) is 16.7 Å². The van der Waals surface area contributed by atoms with Crippen molar-refractivity contribution in [2.45, 2.75) is 37.3 Å². The quantitative estimate of drug-likeness (QED) is 0.324. The Bertz CT molecular complexity index is 1410. The van der Waals surface area contributed by atoms with Crippen molar-refractivity contribution < 1.29 is 18.6 Å². The minimum atomic E-state index is -1.21. The molecular formula is C29H27ClF2N2O2. The number of aryl methyl sites for hydroxylation is 1. The van der Waals surface area contributed by atoms with Crippen LogP contribution in [-0.4, -0.2) is 29.3 Å². The maximum absolute atomic E-state index is 14.1. The maximum atomic E-state index is 14.1. The van der Waals surface area contributed by atoms with E-state index in [4.69, 9.17) is 16.3 Å². The second kappa shape index (κ2) is 9.77. The lowest BCUT2D eigenvalue weighted by molar-refractivity contribution is -0.0197. The molecular weight excluding hydrogens is 482 g/mol. The van der Waals surface area contributed by atoms with Gasteiger partial charge in [0, 0.05) is 27.9 Å². The summed E-state index contributed by atoms with van der Waals surface area (Å²) in [6.45, 7) is 2.43. The maximum Gasteiger partial charge on any atom is 0.217 e. The van der Waals surface area contributed by atoms with Gasteiger partial charge in [-0.05, 0) is 91.5 Å². The molecule has 3 atom stereocenters. The van der Waals surface area contributed by atoms with Crippen LogP contribution in [0.15, 0.2) is 66.7 Å². The number of hydrogen-bond acceptors (Lipinski definition) is 4. The molecule has 2 N–H and O–H groups in total. The normalized spacial score (nSPS) is 20.9. The molecule has 4 aromatic rings. The lowest BCUT2D eigenvalue weighted by Crippen LogP contribution is -2.48. The Labute approximate surface area is 213 Å². The molecule has 7 heteroatoms. The number of hydrogen-bond donors (Lipinski definition) is 2. The van der Waals surface area contributed by atoms with Crippen molar-refractivity contribution in [1.29, 1.82) is 0 Å². The molecule has 0 amide bonds. The zero-order chi connectivity index (χ0) is 25.4. The zero-order valence-corrected chi connectivity index (χ0v) is 20.8. The Balaban J connectivity index is 1.66. The second-order valence-electron chi connectivity index (χ2n) is 9.47. The molecule has 3 unspecified atom stereocenters. The second-order valence-corrected chi connectivity index (χ2v) is 9.91. The number of piperidine rings is 1. The molecule has 5 rings (SSSR count). The monoisotopic (exact) mass is 508 g/mol. The van der Waals surface area contributed by atoms with E-state index < -0.39 is 11.5 Å². The smallest absolute Gasteiger partial charge is 0.217 e. The first kappa shape index (κ1) is 24.6. The highest BCUT2D eigenvalue weighted by Gasteiger charge is 2.44. The van der Waals surface area contributed by atoms with Gasteiger partial charge in [0.05, 0.1) is 18.2 Å². The third-order valence-corrected chi connectivity index (χ3v) is 7.38. The minimum Gasteiger partial charge on any atom is -0.481 e. The Morgan fingerprint density at radius 3 is 2.50 bits per heavy atom. The summed E-state index contributed by atoms with van der Waals surface area (Å²) in [5, 5.41) is 17.0. The Morgan fingerprint density at radius 1 is 1.06 bits per heavy atom. The van der Waals surface area contributed by atoms with Crippen molar-refractivity contribution in [2.75, 3.05) is 13.7 Å². The fraction of sp³-hybridized carbons (Fsp3) is 0.276. The number of fused-ring (bicyclic) bond motifs is 1. The first-order chi connectivity index (χ1) is 17.3. The van der Waals surface area contributed by atoms with Gasteiger partial charge >= 0.3 is 0 Å². The number of halogens is 3. The minimum absolute atomic E-state index is 0.184. The Hall–Kier alpha value is -3.06. The van der Waals surface area contributed by atoms with Crippen LogP contribution in [0.1, 0.15) is 47.1 Å². The van der Waals surface area contributed by atoms with Crippen molar-refractivity contribution in [3.63, 3.8) is 0 Å². The molecule has 4 nitrogen and oxygen atoms in total. The van der Waals surface area contributed by atoms with Gasteiger partial charge in [0.25, 0.3) is 0 Å². The predicted octanol–water partition coefficient (Wildman–Crippen LogP) is 6.47. The number of aliphatic hydroxyl groups is 1. The van der Waals surface area contributed by atoms with Crippen molar-refractivity contribution in [2.24, 2.45) is 0 Å². The van der Waals surface area contributed by atoms with Gasteiger partial charge in [-0.2, -0.15) is 0 Å². The van der Waals surface area contributed by atoms with Crippen LogP contribution in [0.4, 0.5) is 8.78 Å². The summed E-state index contributed by atoms with van der Waals surface area (Å²) in [6, 6.07) is 18.1. The molecule has 1 aliphatic heterocycles. The summed E-state index contributed by atoms with van der Waals surface area (Å²) in [7, 11) is 1.54. The third-order valence-electron chi connectivity index (χ3n) is 7.13. The van der Waals surface area contributed by atoms with Crippen molar-refractivity contribution in [3.05, 3.63) is 106 Å². The van der Waals surface area contributed by atoms with E-state index in [-0.39, 0.29) is 17.7 Å². The number of nitrogens with zero attached hydrogens (tertiary/aromatic N) is 1. The summed E-state index contributed by atoms with van der Waals surface area (Å²) in [4.78, 5) is 4.64. The van der Waals surface area contributed by atoms with Crippen molar-refractivity contribution in [3.8, 4) is 5.88 Å². The number of benzene rings is 3. The molecule has 186 valence electrons. The molecule has 2 heterocycles. The Kier molecular flexibility index (Phi) is 6.68. The van der Waals surface area contributed by atoms with Crippen LogP contribution in [0, 0.1) is 18.6 Å². The van der Waals surface area contributed by atoms with E-state index in [1.807, 2.05) is 25.1 Å². The summed E-state index contributed by atoms with van der Waals surface area (Å²) in [5.41, 5.74) is 2.66. The van der Waals surface area contributed by atoms with E-state index in [1.54, 1.807) is 24.3 Å². The van der Waals surface area contributed by atoms with E-state index >= 15 is 0 Å². The van der Waals surface area contributed by atoms with Crippen molar-refractivity contribution in [1.82, 2.24) is 10.3 Å². The van der Waals surface area contributed by atoms with Gasteiger partial charge in [-0.1, -0.05) is 29.8 Å². The van der Waals surface area contributed by atoms with Crippen LogP contribution in [0.5, 0.6) is 5.88 Å². The van der Waals surface area contributed by atoms with Crippen LogP contribution in [0.25, 0.3) is 10.9 Å². The fourth-order valence-electron chi connectivity index (χ4n) is 5.45. The molecule has 1 aromatic heterocycles. The fourth-order valence-corrected chi connectivity index (χ4v) is 5.58. The van der Waals surface area contributed by atoms with Crippen LogP contribution < -0.4 is 10.1 Å². The van der Waals surface area contributed by atoms with Gasteiger partial charge in [-0.3, -0.25) is 0 Å². The van der Waals surface area contributed by atoms with E-state index in [1.165, 1.54) is 31.4 Å². The largest absolute Gasteiger partial charge is 0.481 e. The number of ether oxygens (including phenoxy) is 1. The molecule has 3 aromatic carbocycles. The standard InChI is InChI=1S/C29H27ClF2N2O2/c1-17-13-21(31)7-9-23(17)26-16-29(35,11-12-33-26)27(18-3-5-20(30)6-4-18)24-15-19-14-22(32)8-10-25(19)34-28(24)36-2/h3-10,13-15,26-27,33,35H,11-12,16H2,1-2H3. The van der Waals surface area contributed by atoms with E-state index in [2.05, 4.69) is 10.3 Å². The van der Waals surface area contributed by atoms with Gasteiger partial charge in [0.1, 0.15) is 11.6 Å². The lowest BCUT2D eigenvalue weighted by atomic mass is 9.70. The Morgan fingerprint density at radius 2 is 1.78 bits per heavy atom. The summed E-state index contributed by atoms with van der Waals surface area (Å²) in [5.74, 6) is -0.817. The average molecular weight is 509 g/mol. The summed E-state index contributed by atoms with van der Waals surface area (Å²) in [6.07, 6.45) is 0.832. The zero-order valence-electron chi connectivity index (χ0n) is 20.1. The number of aromatic nitrogens is 1. The highest BCUT2D eigenvalue weighted by Crippen LogP contribution is 2.47. The number of nitrogens with one attached hydrogen (secondary N) is 1. The number of rotatable bonds is 5. The van der Waals surface area contributed by atoms with Gasteiger partial charge < -0.3 is 15.2 Å². The van der Waals surface area contributed by atoms with Crippen LogP contribution in [-0.2, 0) is 0 Å². The van der Waals surface area contributed by atoms with Crippen LogP contribution >= 0.6 is 11.6 Å². The number of methoxy groups -OCH3 is 1. The molecule has 0 radical (unpaired) electrons. The first-order valence-electron chi connectivity index (χ1n) is 11.9. The number of pyridine rings is 1.